The Labute approximate surface area is 156 Å². The maximum atomic E-state index is 12.5. The normalized spacial score (nSPS) is 17.0. The molecule has 3 rings (SSSR count). The summed E-state index contributed by atoms with van der Waals surface area (Å²) in [6.07, 6.45) is 0.184. The van der Waals surface area contributed by atoms with Gasteiger partial charge in [-0.15, -0.1) is 0 Å². The van der Waals surface area contributed by atoms with Gasteiger partial charge in [-0.2, -0.15) is 0 Å². The summed E-state index contributed by atoms with van der Waals surface area (Å²) in [6, 6.07) is 10.8. The molecular formula is C19H18Cl2N2O2. The van der Waals surface area contributed by atoms with Crippen molar-refractivity contribution in [1.82, 2.24) is 0 Å². The zero-order valence-corrected chi connectivity index (χ0v) is 15.5. The number of carbonyl (C=O) groups is 2. The largest absolute Gasteiger partial charge is 0.324 e. The van der Waals surface area contributed by atoms with E-state index in [2.05, 4.69) is 5.32 Å². The smallest absolute Gasteiger partial charge is 0.229 e. The van der Waals surface area contributed by atoms with Crippen molar-refractivity contribution in [2.45, 2.75) is 20.3 Å². The highest BCUT2D eigenvalue weighted by Crippen LogP contribution is 2.29. The van der Waals surface area contributed by atoms with E-state index in [4.69, 9.17) is 23.2 Å². The topological polar surface area (TPSA) is 49.4 Å². The maximum absolute atomic E-state index is 12.5. The molecule has 6 heteroatoms. The number of nitrogens with one attached hydrogen (secondary N) is 1. The SMILES string of the molecule is Cc1ccc(N2C[C@@H](C(=O)Nc3ccc(Cl)cc3Cl)CC2=O)cc1C. The Balaban J connectivity index is 1.73. The fourth-order valence-corrected chi connectivity index (χ4v) is 3.31. The number of carbonyl (C=O) groups excluding carboxylic acids is 2. The summed E-state index contributed by atoms with van der Waals surface area (Å²) >= 11 is 12.0. The van der Waals surface area contributed by atoms with Crippen LogP contribution < -0.4 is 10.2 Å². The molecular weight excluding hydrogens is 359 g/mol. The Hall–Kier alpha value is -2.04. The lowest BCUT2D eigenvalue weighted by Crippen LogP contribution is -2.28. The van der Waals surface area contributed by atoms with Gasteiger partial charge < -0.3 is 10.2 Å². The van der Waals surface area contributed by atoms with Crippen molar-refractivity contribution >= 4 is 46.4 Å². The number of hydrogen-bond donors (Lipinski definition) is 1. The Morgan fingerprint density at radius 1 is 1.12 bits per heavy atom. The molecule has 25 heavy (non-hydrogen) atoms. The first kappa shape index (κ1) is 17.8. The minimum Gasteiger partial charge on any atom is -0.324 e. The number of nitrogens with zero attached hydrogens (tertiary/aromatic N) is 1. The van der Waals surface area contributed by atoms with E-state index in [1.165, 1.54) is 5.56 Å². The molecule has 130 valence electrons. The predicted octanol–water partition coefficient (Wildman–Crippen LogP) is 4.60. The molecule has 0 saturated carbocycles. The summed E-state index contributed by atoms with van der Waals surface area (Å²) in [6.45, 7) is 4.39. The van der Waals surface area contributed by atoms with Crippen LogP contribution in [0.2, 0.25) is 10.0 Å². The molecule has 1 aliphatic heterocycles. The van der Waals surface area contributed by atoms with E-state index in [0.29, 0.717) is 22.3 Å². The van der Waals surface area contributed by atoms with E-state index >= 15 is 0 Å². The molecule has 0 spiro atoms. The Kier molecular flexibility index (Phi) is 5.02. The summed E-state index contributed by atoms with van der Waals surface area (Å²) in [5.41, 5.74) is 3.61. The molecule has 1 heterocycles. The standard InChI is InChI=1S/C19H18Cl2N2O2/c1-11-3-5-15(7-12(11)2)23-10-13(8-18(23)24)19(25)22-17-6-4-14(20)9-16(17)21/h3-7,9,13H,8,10H2,1-2H3,(H,22,25)/t13-/m0/s1. The molecule has 1 fully saturated rings. The molecule has 4 nitrogen and oxygen atoms in total. The van der Waals surface area contributed by atoms with E-state index in [1.807, 2.05) is 32.0 Å². The molecule has 1 aliphatic rings. The third-order valence-corrected chi connectivity index (χ3v) is 5.03. The molecule has 1 atom stereocenters. The summed E-state index contributed by atoms with van der Waals surface area (Å²) in [5.74, 6) is -0.685. The van der Waals surface area contributed by atoms with Crippen LogP contribution in [0, 0.1) is 19.8 Å². The van der Waals surface area contributed by atoms with Crippen LogP contribution in [-0.2, 0) is 9.59 Å². The summed E-state index contributed by atoms with van der Waals surface area (Å²) in [5, 5.41) is 3.66. The summed E-state index contributed by atoms with van der Waals surface area (Å²) in [4.78, 5) is 26.5. The van der Waals surface area contributed by atoms with Gasteiger partial charge in [0.25, 0.3) is 0 Å². The molecule has 0 unspecified atom stereocenters. The number of hydrogen-bond acceptors (Lipinski definition) is 2. The van der Waals surface area contributed by atoms with Crippen molar-refractivity contribution in [2.24, 2.45) is 5.92 Å². The number of anilines is 2. The highest BCUT2D eigenvalue weighted by Gasteiger charge is 2.35. The number of aryl methyl sites for hydroxylation is 2. The van der Waals surface area contributed by atoms with Crippen LogP contribution in [0.4, 0.5) is 11.4 Å². The molecule has 2 aromatic carbocycles. The first-order valence-electron chi connectivity index (χ1n) is 7.98. The van der Waals surface area contributed by atoms with Gasteiger partial charge in [0.1, 0.15) is 0 Å². The zero-order valence-electron chi connectivity index (χ0n) is 14.0. The van der Waals surface area contributed by atoms with Crippen LogP contribution in [0.3, 0.4) is 0 Å². The number of benzene rings is 2. The Morgan fingerprint density at radius 2 is 1.88 bits per heavy atom. The van der Waals surface area contributed by atoms with Gasteiger partial charge in [0.05, 0.1) is 16.6 Å². The van der Waals surface area contributed by atoms with Crippen molar-refractivity contribution in [3.05, 3.63) is 57.6 Å². The maximum Gasteiger partial charge on any atom is 0.229 e. The highest BCUT2D eigenvalue weighted by atomic mass is 35.5. The van der Waals surface area contributed by atoms with E-state index in [9.17, 15) is 9.59 Å². The lowest BCUT2D eigenvalue weighted by atomic mass is 10.1. The molecule has 1 N–H and O–H groups in total. The lowest BCUT2D eigenvalue weighted by Gasteiger charge is -2.18. The number of rotatable bonds is 3. The fourth-order valence-electron chi connectivity index (χ4n) is 2.85. The second kappa shape index (κ2) is 7.06. The van der Waals surface area contributed by atoms with Crippen LogP contribution in [0.5, 0.6) is 0 Å². The van der Waals surface area contributed by atoms with E-state index in [-0.39, 0.29) is 18.2 Å². The Morgan fingerprint density at radius 3 is 2.56 bits per heavy atom. The average Bonchev–Trinajstić information content (AvgIpc) is 2.95. The number of halogens is 2. The van der Waals surface area contributed by atoms with E-state index < -0.39 is 5.92 Å². The first-order chi connectivity index (χ1) is 11.8. The van der Waals surface area contributed by atoms with Gasteiger partial charge in [0.2, 0.25) is 11.8 Å². The molecule has 0 bridgehead atoms. The van der Waals surface area contributed by atoms with Crippen LogP contribution in [0.15, 0.2) is 36.4 Å². The third kappa shape index (κ3) is 3.80. The predicted molar refractivity (Wildman–Crippen MR) is 101 cm³/mol. The summed E-state index contributed by atoms with van der Waals surface area (Å²) < 4.78 is 0. The minimum absolute atomic E-state index is 0.0504. The summed E-state index contributed by atoms with van der Waals surface area (Å²) in [7, 11) is 0. The van der Waals surface area contributed by atoms with Gasteiger partial charge in [-0.25, -0.2) is 0 Å². The van der Waals surface area contributed by atoms with Gasteiger partial charge in [-0.1, -0.05) is 29.3 Å². The van der Waals surface area contributed by atoms with E-state index in [0.717, 1.165) is 11.3 Å². The minimum atomic E-state index is -0.416. The van der Waals surface area contributed by atoms with Crippen molar-refractivity contribution in [3.63, 3.8) is 0 Å². The van der Waals surface area contributed by atoms with Crippen molar-refractivity contribution < 1.29 is 9.59 Å². The zero-order chi connectivity index (χ0) is 18.1. The van der Waals surface area contributed by atoms with Gasteiger partial charge in [-0.05, 0) is 55.3 Å². The molecule has 2 amide bonds. The van der Waals surface area contributed by atoms with Gasteiger partial charge in [0.15, 0.2) is 0 Å². The van der Waals surface area contributed by atoms with E-state index in [1.54, 1.807) is 23.1 Å². The molecule has 0 aliphatic carbocycles. The monoisotopic (exact) mass is 376 g/mol. The van der Waals surface area contributed by atoms with Crippen LogP contribution in [0.25, 0.3) is 0 Å². The van der Waals surface area contributed by atoms with Gasteiger partial charge in [-0.3, -0.25) is 9.59 Å². The van der Waals surface area contributed by atoms with Gasteiger partial charge in [0, 0.05) is 23.7 Å². The van der Waals surface area contributed by atoms with Crippen molar-refractivity contribution in [2.75, 3.05) is 16.8 Å². The average molecular weight is 377 g/mol. The van der Waals surface area contributed by atoms with Crippen molar-refractivity contribution in [1.29, 1.82) is 0 Å². The Bertz CT molecular complexity index is 851. The van der Waals surface area contributed by atoms with Crippen molar-refractivity contribution in [3.8, 4) is 0 Å². The second-order valence-corrected chi connectivity index (χ2v) is 7.13. The highest BCUT2D eigenvalue weighted by molar-refractivity contribution is 6.36. The van der Waals surface area contributed by atoms with Crippen LogP contribution >= 0.6 is 23.2 Å². The first-order valence-corrected chi connectivity index (χ1v) is 8.74. The molecule has 0 radical (unpaired) electrons. The van der Waals surface area contributed by atoms with Gasteiger partial charge >= 0.3 is 0 Å². The molecule has 0 aromatic heterocycles. The quantitative estimate of drug-likeness (QED) is 0.850. The van der Waals surface area contributed by atoms with Crippen LogP contribution in [0.1, 0.15) is 17.5 Å². The number of amides is 2. The second-order valence-electron chi connectivity index (χ2n) is 6.29. The molecule has 1 saturated heterocycles. The third-order valence-electron chi connectivity index (χ3n) is 4.49. The lowest BCUT2D eigenvalue weighted by molar-refractivity contribution is -0.122. The fraction of sp³-hybridized carbons (Fsp3) is 0.263. The molecule has 2 aromatic rings. The van der Waals surface area contributed by atoms with Crippen LogP contribution in [-0.4, -0.2) is 18.4 Å².